The predicted octanol–water partition coefficient (Wildman–Crippen LogP) is 4.47. The molecule has 1 aromatic rings. The molecule has 0 aliphatic heterocycles. The molecule has 1 fully saturated rings. The SMILES string of the molecule is CCNCc1c(Cl)cccc1N(C)CC1CCCCC1. The lowest BCUT2D eigenvalue weighted by Crippen LogP contribution is -2.28. The van der Waals surface area contributed by atoms with E-state index < -0.39 is 0 Å². The van der Waals surface area contributed by atoms with Gasteiger partial charge in [0, 0.05) is 36.4 Å². The van der Waals surface area contributed by atoms with Crippen molar-refractivity contribution >= 4 is 17.3 Å². The lowest BCUT2D eigenvalue weighted by molar-refractivity contribution is 0.362. The third-order valence-electron chi connectivity index (χ3n) is 4.31. The van der Waals surface area contributed by atoms with Crippen molar-refractivity contribution in [1.82, 2.24) is 5.32 Å². The molecule has 0 spiro atoms. The zero-order valence-corrected chi connectivity index (χ0v) is 13.5. The van der Waals surface area contributed by atoms with Crippen LogP contribution in [0.3, 0.4) is 0 Å². The summed E-state index contributed by atoms with van der Waals surface area (Å²) < 4.78 is 0. The first-order valence-corrected chi connectivity index (χ1v) is 8.29. The van der Waals surface area contributed by atoms with Gasteiger partial charge in [-0.3, -0.25) is 0 Å². The van der Waals surface area contributed by atoms with E-state index in [0.29, 0.717) is 0 Å². The summed E-state index contributed by atoms with van der Waals surface area (Å²) in [6.45, 7) is 5.10. The van der Waals surface area contributed by atoms with Crippen LogP contribution in [-0.4, -0.2) is 20.1 Å². The second-order valence-corrected chi connectivity index (χ2v) is 6.31. The van der Waals surface area contributed by atoms with E-state index in [-0.39, 0.29) is 0 Å². The lowest BCUT2D eigenvalue weighted by Gasteiger charge is -2.30. The number of nitrogens with one attached hydrogen (secondary N) is 1. The zero-order chi connectivity index (χ0) is 14.4. The fourth-order valence-electron chi connectivity index (χ4n) is 3.19. The molecule has 0 saturated heterocycles. The Morgan fingerprint density at radius 3 is 2.70 bits per heavy atom. The fourth-order valence-corrected chi connectivity index (χ4v) is 3.42. The average molecular weight is 295 g/mol. The Balaban J connectivity index is 2.07. The fraction of sp³-hybridized carbons (Fsp3) is 0.647. The van der Waals surface area contributed by atoms with Crippen LogP contribution in [0.25, 0.3) is 0 Å². The smallest absolute Gasteiger partial charge is 0.0471 e. The van der Waals surface area contributed by atoms with E-state index in [9.17, 15) is 0 Å². The van der Waals surface area contributed by atoms with Gasteiger partial charge in [-0.2, -0.15) is 0 Å². The molecule has 1 aromatic carbocycles. The standard InChI is InChI=1S/C17H27ClN2/c1-3-19-12-15-16(18)10-7-11-17(15)20(2)13-14-8-5-4-6-9-14/h7,10-11,14,19H,3-6,8-9,12-13H2,1-2H3. The van der Waals surface area contributed by atoms with Crippen molar-refractivity contribution in [3.05, 3.63) is 28.8 Å². The molecule has 0 atom stereocenters. The maximum atomic E-state index is 6.39. The van der Waals surface area contributed by atoms with E-state index in [0.717, 1.165) is 30.6 Å². The summed E-state index contributed by atoms with van der Waals surface area (Å²) in [6.07, 6.45) is 6.99. The number of benzene rings is 1. The Kier molecular flexibility index (Phi) is 6.18. The number of hydrogen-bond donors (Lipinski definition) is 1. The Labute approximate surface area is 128 Å². The summed E-state index contributed by atoms with van der Waals surface area (Å²) in [5, 5.41) is 4.27. The molecule has 0 heterocycles. The number of halogens is 1. The van der Waals surface area contributed by atoms with Gasteiger partial charge in [-0.15, -0.1) is 0 Å². The van der Waals surface area contributed by atoms with Crippen LogP contribution in [0.4, 0.5) is 5.69 Å². The molecule has 1 aliphatic carbocycles. The molecule has 2 nitrogen and oxygen atoms in total. The highest BCUT2D eigenvalue weighted by Crippen LogP contribution is 2.30. The summed E-state index contributed by atoms with van der Waals surface area (Å²) >= 11 is 6.39. The lowest BCUT2D eigenvalue weighted by atomic mass is 9.89. The van der Waals surface area contributed by atoms with Crippen LogP contribution >= 0.6 is 11.6 Å². The highest BCUT2D eigenvalue weighted by molar-refractivity contribution is 6.31. The molecule has 3 heteroatoms. The van der Waals surface area contributed by atoms with Crippen molar-refractivity contribution in [3.63, 3.8) is 0 Å². The van der Waals surface area contributed by atoms with Crippen molar-refractivity contribution in [1.29, 1.82) is 0 Å². The van der Waals surface area contributed by atoms with Crippen LogP contribution in [-0.2, 0) is 6.54 Å². The van der Waals surface area contributed by atoms with E-state index in [2.05, 4.69) is 36.3 Å². The molecule has 112 valence electrons. The average Bonchev–Trinajstić information content (AvgIpc) is 2.47. The van der Waals surface area contributed by atoms with E-state index in [1.807, 2.05) is 6.07 Å². The molecule has 20 heavy (non-hydrogen) atoms. The quantitative estimate of drug-likeness (QED) is 0.833. The third kappa shape index (κ3) is 4.13. The number of nitrogens with zero attached hydrogens (tertiary/aromatic N) is 1. The van der Waals surface area contributed by atoms with Gasteiger partial charge in [-0.25, -0.2) is 0 Å². The largest absolute Gasteiger partial charge is 0.374 e. The number of hydrogen-bond acceptors (Lipinski definition) is 2. The molecular weight excluding hydrogens is 268 g/mol. The first-order chi connectivity index (χ1) is 9.72. The minimum Gasteiger partial charge on any atom is -0.374 e. The molecule has 0 amide bonds. The van der Waals surface area contributed by atoms with E-state index in [4.69, 9.17) is 11.6 Å². The molecular formula is C17H27ClN2. The third-order valence-corrected chi connectivity index (χ3v) is 4.67. The van der Waals surface area contributed by atoms with E-state index >= 15 is 0 Å². The highest BCUT2D eigenvalue weighted by atomic mass is 35.5. The molecule has 0 bridgehead atoms. The van der Waals surface area contributed by atoms with Crippen molar-refractivity contribution in [3.8, 4) is 0 Å². The highest BCUT2D eigenvalue weighted by Gasteiger charge is 2.17. The van der Waals surface area contributed by atoms with Gasteiger partial charge in [-0.1, -0.05) is 43.9 Å². The normalized spacial score (nSPS) is 16.4. The van der Waals surface area contributed by atoms with Crippen molar-refractivity contribution in [2.75, 3.05) is 25.0 Å². The van der Waals surface area contributed by atoms with Crippen LogP contribution in [0.1, 0.15) is 44.6 Å². The predicted molar refractivity (Wildman–Crippen MR) is 88.7 cm³/mol. The van der Waals surface area contributed by atoms with E-state index in [1.165, 1.54) is 43.4 Å². The Hall–Kier alpha value is -0.730. The van der Waals surface area contributed by atoms with Crippen molar-refractivity contribution in [2.24, 2.45) is 5.92 Å². The molecule has 0 unspecified atom stereocenters. The Morgan fingerprint density at radius 1 is 1.25 bits per heavy atom. The van der Waals surface area contributed by atoms with Gasteiger partial charge in [-0.05, 0) is 37.4 Å². The molecule has 0 aromatic heterocycles. The molecule has 0 radical (unpaired) electrons. The summed E-state index contributed by atoms with van der Waals surface area (Å²) in [7, 11) is 2.20. The van der Waals surface area contributed by atoms with Crippen molar-refractivity contribution in [2.45, 2.75) is 45.6 Å². The molecule has 1 saturated carbocycles. The molecule has 2 rings (SSSR count). The van der Waals surface area contributed by atoms with Crippen LogP contribution in [0, 0.1) is 5.92 Å². The van der Waals surface area contributed by atoms with Crippen LogP contribution in [0.15, 0.2) is 18.2 Å². The van der Waals surface area contributed by atoms with Gasteiger partial charge in [0.05, 0.1) is 0 Å². The van der Waals surface area contributed by atoms with Crippen LogP contribution in [0.2, 0.25) is 5.02 Å². The summed E-state index contributed by atoms with van der Waals surface area (Å²) in [5.41, 5.74) is 2.51. The Morgan fingerprint density at radius 2 is 2.00 bits per heavy atom. The number of anilines is 1. The second kappa shape index (κ2) is 7.90. The topological polar surface area (TPSA) is 15.3 Å². The summed E-state index contributed by atoms with van der Waals surface area (Å²) in [5.74, 6) is 0.847. The second-order valence-electron chi connectivity index (χ2n) is 5.90. The van der Waals surface area contributed by atoms with E-state index in [1.54, 1.807) is 0 Å². The number of rotatable bonds is 6. The van der Waals surface area contributed by atoms with Gasteiger partial charge in [0.1, 0.15) is 0 Å². The molecule has 1 aliphatic rings. The van der Waals surface area contributed by atoms with Gasteiger partial charge in [0.25, 0.3) is 0 Å². The summed E-state index contributed by atoms with van der Waals surface area (Å²) in [4.78, 5) is 2.40. The zero-order valence-electron chi connectivity index (χ0n) is 12.8. The summed E-state index contributed by atoms with van der Waals surface area (Å²) in [6, 6.07) is 6.25. The maximum Gasteiger partial charge on any atom is 0.0471 e. The van der Waals surface area contributed by atoms with Crippen molar-refractivity contribution < 1.29 is 0 Å². The maximum absolute atomic E-state index is 6.39. The first-order valence-electron chi connectivity index (χ1n) is 7.91. The minimum atomic E-state index is 0.847. The molecule has 1 N–H and O–H groups in total. The van der Waals surface area contributed by atoms with Gasteiger partial charge in [0.15, 0.2) is 0 Å². The van der Waals surface area contributed by atoms with Gasteiger partial charge in [0.2, 0.25) is 0 Å². The van der Waals surface area contributed by atoms with Crippen LogP contribution < -0.4 is 10.2 Å². The first kappa shape index (κ1) is 15.7. The van der Waals surface area contributed by atoms with Gasteiger partial charge < -0.3 is 10.2 Å². The Bertz CT molecular complexity index is 413. The van der Waals surface area contributed by atoms with Crippen LogP contribution in [0.5, 0.6) is 0 Å². The minimum absolute atomic E-state index is 0.847. The van der Waals surface area contributed by atoms with Gasteiger partial charge >= 0.3 is 0 Å². The monoisotopic (exact) mass is 294 g/mol.